The van der Waals surface area contributed by atoms with Crippen molar-refractivity contribution in [3.8, 4) is 0 Å². The van der Waals surface area contributed by atoms with Crippen LogP contribution >= 0.6 is 27.5 Å². The van der Waals surface area contributed by atoms with Gasteiger partial charge >= 0.3 is 0 Å². The topological polar surface area (TPSA) is 29.5 Å². The van der Waals surface area contributed by atoms with E-state index in [4.69, 9.17) is 16.3 Å². The van der Waals surface area contributed by atoms with Crippen molar-refractivity contribution in [3.63, 3.8) is 0 Å². The Labute approximate surface area is 97.0 Å². The number of rotatable bonds is 4. The molecular weight excluding hydrogens is 267 g/mol. The molecule has 0 fully saturated rings. The maximum Gasteiger partial charge on any atom is 0.104 e. The summed E-state index contributed by atoms with van der Waals surface area (Å²) in [6, 6.07) is 5.45. The molecule has 0 aliphatic carbocycles. The molecule has 1 unspecified atom stereocenters. The van der Waals surface area contributed by atoms with E-state index in [-0.39, 0.29) is 6.61 Å². The van der Waals surface area contributed by atoms with Crippen molar-refractivity contribution in [2.24, 2.45) is 0 Å². The summed E-state index contributed by atoms with van der Waals surface area (Å²) in [4.78, 5) is 0. The molecule has 78 valence electrons. The molecule has 1 rings (SSSR count). The minimum atomic E-state index is -0.667. The molecule has 0 amide bonds. The molecule has 1 aromatic rings. The SMILES string of the molecule is CCOCC(O)c1cccc(Br)c1Cl. The minimum Gasteiger partial charge on any atom is -0.386 e. The van der Waals surface area contributed by atoms with E-state index in [0.29, 0.717) is 17.2 Å². The maximum atomic E-state index is 9.73. The molecule has 14 heavy (non-hydrogen) atoms. The summed E-state index contributed by atoms with van der Waals surface area (Å²) in [5, 5.41) is 10.3. The lowest BCUT2D eigenvalue weighted by Gasteiger charge is -2.13. The number of hydrogen-bond donors (Lipinski definition) is 1. The highest BCUT2D eigenvalue weighted by molar-refractivity contribution is 9.10. The summed E-state index contributed by atoms with van der Waals surface area (Å²) < 4.78 is 5.91. The number of hydrogen-bond acceptors (Lipinski definition) is 2. The zero-order valence-corrected chi connectivity index (χ0v) is 10.2. The van der Waals surface area contributed by atoms with E-state index >= 15 is 0 Å². The molecule has 0 saturated carbocycles. The lowest BCUT2D eigenvalue weighted by molar-refractivity contribution is 0.0420. The second-order valence-corrected chi connectivity index (χ2v) is 4.05. The molecule has 2 nitrogen and oxygen atoms in total. The second-order valence-electron chi connectivity index (χ2n) is 2.82. The lowest BCUT2D eigenvalue weighted by atomic mass is 10.1. The molecule has 1 aromatic carbocycles. The Hall–Kier alpha value is -0.0900. The summed E-state index contributed by atoms with van der Waals surface area (Å²) in [6.45, 7) is 2.74. The molecule has 0 aliphatic heterocycles. The van der Waals surface area contributed by atoms with Crippen molar-refractivity contribution in [3.05, 3.63) is 33.3 Å². The van der Waals surface area contributed by atoms with Gasteiger partial charge in [0.2, 0.25) is 0 Å². The van der Waals surface area contributed by atoms with Crippen LogP contribution in [-0.4, -0.2) is 18.3 Å². The first kappa shape index (κ1) is 12.0. The van der Waals surface area contributed by atoms with Crippen LogP contribution in [0.2, 0.25) is 5.02 Å². The molecule has 1 N–H and O–H groups in total. The van der Waals surface area contributed by atoms with Crippen LogP contribution in [0.5, 0.6) is 0 Å². The van der Waals surface area contributed by atoms with E-state index in [1.807, 2.05) is 19.1 Å². The molecule has 0 saturated heterocycles. The van der Waals surface area contributed by atoms with Crippen LogP contribution in [0.25, 0.3) is 0 Å². The Morgan fingerprint density at radius 3 is 2.93 bits per heavy atom. The number of ether oxygens (including phenoxy) is 1. The molecule has 0 radical (unpaired) electrons. The summed E-state index contributed by atoms with van der Waals surface area (Å²) in [5.41, 5.74) is 0.689. The first-order valence-corrected chi connectivity index (χ1v) is 5.53. The van der Waals surface area contributed by atoms with Gasteiger partial charge in [-0.2, -0.15) is 0 Å². The predicted molar refractivity (Wildman–Crippen MR) is 60.6 cm³/mol. The summed E-state index contributed by atoms with van der Waals surface area (Å²) in [5.74, 6) is 0. The number of aliphatic hydroxyl groups is 1. The van der Waals surface area contributed by atoms with Gasteiger partial charge in [0.05, 0.1) is 11.6 Å². The van der Waals surface area contributed by atoms with Gasteiger partial charge in [0, 0.05) is 16.6 Å². The zero-order valence-electron chi connectivity index (χ0n) is 7.84. The number of benzene rings is 1. The highest BCUT2D eigenvalue weighted by Crippen LogP contribution is 2.30. The third-order valence-electron chi connectivity index (χ3n) is 1.82. The van der Waals surface area contributed by atoms with Crippen molar-refractivity contribution in [1.29, 1.82) is 0 Å². The monoisotopic (exact) mass is 278 g/mol. The highest BCUT2D eigenvalue weighted by Gasteiger charge is 2.12. The van der Waals surface area contributed by atoms with Gasteiger partial charge in [0.1, 0.15) is 6.10 Å². The first-order valence-electron chi connectivity index (χ1n) is 4.36. The third-order valence-corrected chi connectivity index (χ3v) is 3.13. The molecular formula is C10H12BrClO2. The summed E-state index contributed by atoms with van der Waals surface area (Å²) in [6.07, 6.45) is -0.667. The van der Waals surface area contributed by atoms with Crippen LogP contribution < -0.4 is 0 Å². The summed E-state index contributed by atoms with van der Waals surface area (Å²) >= 11 is 9.30. The zero-order chi connectivity index (χ0) is 10.6. The Bertz CT molecular complexity index is 304. The Kier molecular flexibility index (Phi) is 4.89. The fourth-order valence-electron chi connectivity index (χ4n) is 1.10. The van der Waals surface area contributed by atoms with Crippen LogP contribution in [0, 0.1) is 0 Å². The van der Waals surface area contributed by atoms with E-state index in [1.165, 1.54) is 0 Å². The van der Waals surface area contributed by atoms with Crippen molar-refractivity contribution in [2.45, 2.75) is 13.0 Å². The number of aliphatic hydroxyl groups excluding tert-OH is 1. The van der Waals surface area contributed by atoms with Gasteiger partial charge < -0.3 is 9.84 Å². The standard InChI is InChI=1S/C10H12BrClO2/c1-2-14-6-9(13)7-4-3-5-8(11)10(7)12/h3-5,9,13H,2,6H2,1H3. The van der Waals surface area contributed by atoms with Gasteiger partial charge in [-0.05, 0) is 28.9 Å². The highest BCUT2D eigenvalue weighted by atomic mass is 79.9. The quantitative estimate of drug-likeness (QED) is 0.917. The van der Waals surface area contributed by atoms with Gasteiger partial charge in [-0.25, -0.2) is 0 Å². The van der Waals surface area contributed by atoms with E-state index < -0.39 is 6.10 Å². The van der Waals surface area contributed by atoms with Crippen LogP contribution in [0.3, 0.4) is 0 Å². The normalized spacial score (nSPS) is 12.9. The molecule has 0 spiro atoms. The van der Waals surface area contributed by atoms with Gasteiger partial charge in [-0.1, -0.05) is 23.7 Å². The molecule has 0 aliphatic rings. The molecule has 4 heteroatoms. The van der Waals surface area contributed by atoms with Gasteiger partial charge in [0.15, 0.2) is 0 Å². The van der Waals surface area contributed by atoms with E-state index in [1.54, 1.807) is 6.07 Å². The molecule has 0 bridgehead atoms. The van der Waals surface area contributed by atoms with Crippen molar-refractivity contribution in [1.82, 2.24) is 0 Å². The van der Waals surface area contributed by atoms with Crippen molar-refractivity contribution in [2.75, 3.05) is 13.2 Å². The van der Waals surface area contributed by atoms with Crippen LogP contribution in [-0.2, 0) is 4.74 Å². The fraction of sp³-hybridized carbons (Fsp3) is 0.400. The average Bonchev–Trinajstić information content (AvgIpc) is 2.18. The van der Waals surface area contributed by atoms with E-state index in [9.17, 15) is 5.11 Å². The van der Waals surface area contributed by atoms with E-state index in [2.05, 4.69) is 15.9 Å². The molecule has 1 atom stereocenters. The maximum absolute atomic E-state index is 9.73. The first-order chi connectivity index (χ1) is 6.66. The average molecular weight is 280 g/mol. The van der Waals surface area contributed by atoms with Crippen LogP contribution in [0.1, 0.15) is 18.6 Å². The van der Waals surface area contributed by atoms with Gasteiger partial charge in [-0.3, -0.25) is 0 Å². The van der Waals surface area contributed by atoms with Crippen molar-refractivity contribution < 1.29 is 9.84 Å². The van der Waals surface area contributed by atoms with Crippen LogP contribution in [0.15, 0.2) is 22.7 Å². The second kappa shape index (κ2) is 5.71. The Morgan fingerprint density at radius 2 is 2.29 bits per heavy atom. The Morgan fingerprint density at radius 1 is 1.57 bits per heavy atom. The molecule has 0 aromatic heterocycles. The van der Waals surface area contributed by atoms with E-state index in [0.717, 1.165) is 4.47 Å². The minimum absolute atomic E-state index is 0.271. The number of halogens is 2. The van der Waals surface area contributed by atoms with Gasteiger partial charge in [0.25, 0.3) is 0 Å². The largest absolute Gasteiger partial charge is 0.386 e. The third kappa shape index (κ3) is 2.95. The van der Waals surface area contributed by atoms with Crippen LogP contribution in [0.4, 0.5) is 0 Å². The lowest BCUT2D eigenvalue weighted by Crippen LogP contribution is -2.07. The van der Waals surface area contributed by atoms with Crippen molar-refractivity contribution >= 4 is 27.5 Å². The molecule has 0 heterocycles. The predicted octanol–water partition coefficient (Wildman–Crippen LogP) is 3.17. The fourth-order valence-corrected chi connectivity index (χ4v) is 1.73. The Balaban J connectivity index is 2.79. The smallest absolute Gasteiger partial charge is 0.104 e. The van der Waals surface area contributed by atoms with Gasteiger partial charge in [-0.15, -0.1) is 0 Å². The summed E-state index contributed by atoms with van der Waals surface area (Å²) in [7, 11) is 0.